The number of alkyl halides is 1. The first-order valence-corrected chi connectivity index (χ1v) is 8.28. The van der Waals surface area contributed by atoms with Crippen LogP contribution in [0.5, 0.6) is 0 Å². The van der Waals surface area contributed by atoms with Crippen LogP contribution in [0.1, 0.15) is 67.3 Å². The van der Waals surface area contributed by atoms with Gasteiger partial charge in [-0.1, -0.05) is 26.7 Å². The predicted molar refractivity (Wildman–Crippen MR) is 84.8 cm³/mol. The summed E-state index contributed by atoms with van der Waals surface area (Å²) < 4.78 is 2.41. The van der Waals surface area contributed by atoms with Crippen molar-refractivity contribution in [3.8, 4) is 0 Å². The Labute approximate surface area is 127 Å². The summed E-state index contributed by atoms with van der Waals surface area (Å²) >= 11 is 5.73. The molecular weight excluding hydrogens is 270 g/mol. The van der Waals surface area contributed by atoms with E-state index in [0.29, 0.717) is 17.9 Å². The Morgan fingerprint density at radius 1 is 1.35 bits per heavy atom. The molecule has 1 aromatic rings. The zero-order chi connectivity index (χ0) is 14.9. The highest BCUT2D eigenvalue weighted by atomic mass is 35.5. The Kier molecular flexibility index (Phi) is 4.95. The van der Waals surface area contributed by atoms with Gasteiger partial charge in [-0.3, -0.25) is 4.79 Å². The van der Waals surface area contributed by atoms with Crippen molar-refractivity contribution < 1.29 is 4.79 Å². The normalized spacial score (nSPS) is 23.3. The predicted octanol–water partition coefficient (Wildman–Crippen LogP) is 4.91. The van der Waals surface area contributed by atoms with Crippen molar-refractivity contribution in [2.45, 2.75) is 59.4 Å². The SMILES string of the molecule is Cc1cc(C(=O)CCl)c(C)n1C1CCCCC1C(C)C. The highest BCUT2D eigenvalue weighted by Gasteiger charge is 2.31. The van der Waals surface area contributed by atoms with E-state index in [9.17, 15) is 4.79 Å². The second kappa shape index (κ2) is 6.34. The Morgan fingerprint density at radius 2 is 2.00 bits per heavy atom. The number of carbonyl (C=O) groups is 1. The summed E-state index contributed by atoms with van der Waals surface area (Å²) in [7, 11) is 0. The van der Waals surface area contributed by atoms with E-state index in [1.54, 1.807) is 0 Å². The van der Waals surface area contributed by atoms with Crippen LogP contribution in [0.15, 0.2) is 6.07 Å². The monoisotopic (exact) mass is 295 g/mol. The average Bonchev–Trinajstić information content (AvgIpc) is 2.73. The number of ketones is 1. The molecule has 2 nitrogen and oxygen atoms in total. The number of hydrogen-bond donors (Lipinski definition) is 0. The lowest BCUT2D eigenvalue weighted by Gasteiger charge is -2.37. The van der Waals surface area contributed by atoms with E-state index in [0.717, 1.165) is 11.3 Å². The standard InChI is InChI=1S/C17H26ClNO/c1-11(2)14-7-5-6-8-16(14)19-12(3)9-15(13(19)4)17(20)10-18/h9,11,14,16H,5-8,10H2,1-4H3. The third-order valence-corrected chi connectivity index (χ3v) is 5.12. The summed E-state index contributed by atoms with van der Waals surface area (Å²) in [6, 6.07) is 2.56. The van der Waals surface area contributed by atoms with E-state index in [4.69, 9.17) is 11.6 Å². The Hall–Kier alpha value is -0.760. The first-order valence-electron chi connectivity index (χ1n) is 7.75. The zero-order valence-corrected chi connectivity index (χ0v) is 13.8. The molecule has 2 rings (SSSR count). The van der Waals surface area contributed by atoms with Crippen LogP contribution in [0.4, 0.5) is 0 Å². The summed E-state index contributed by atoms with van der Waals surface area (Å²) in [5.74, 6) is 1.52. The maximum atomic E-state index is 12.0. The maximum Gasteiger partial charge on any atom is 0.179 e. The largest absolute Gasteiger partial charge is 0.345 e. The third kappa shape index (κ3) is 2.81. The molecule has 1 aromatic heterocycles. The number of nitrogens with zero attached hydrogens (tertiary/aromatic N) is 1. The molecule has 112 valence electrons. The van der Waals surface area contributed by atoms with Gasteiger partial charge in [-0.2, -0.15) is 0 Å². The van der Waals surface area contributed by atoms with Crippen LogP contribution in [0.2, 0.25) is 0 Å². The van der Waals surface area contributed by atoms with Crippen LogP contribution in [0.25, 0.3) is 0 Å². The van der Waals surface area contributed by atoms with Crippen molar-refractivity contribution in [2.75, 3.05) is 5.88 Å². The van der Waals surface area contributed by atoms with E-state index >= 15 is 0 Å². The van der Waals surface area contributed by atoms with Gasteiger partial charge in [0.05, 0.1) is 5.88 Å². The van der Waals surface area contributed by atoms with Gasteiger partial charge < -0.3 is 4.57 Å². The second-order valence-corrected chi connectivity index (χ2v) is 6.74. The van der Waals surface area contributed by atoms with Crippen LogP contribution in [0, 0.1) is 25.7 Å². The van der Waals surface area contributed by atoms with Gasteiger partial charge in [-0.05, 0) is 44.6 Å². The minimum atomic E-state index is 0.0444. The van der Waals surface area contributed by atoms with Gasteiger partial charge in [0.15, 0.2) is 5.78 Å². The van der Waals surface area contributed by atoms with Crippen molar-refractivity contribution in [3.05, 3.63) is 23.0 Å². The van der Waals surface area contributed by atoms with Crippen molar-refractivity contribution in [3.63, 3.8) is 0 Å². The molecule has 0 N–H and O–H groups in total. The minimum absolute atomic E-state index is 0.0444. The van der Waals surface area contributed by atoms with Crippen molar-refractivity contribution in [1.29, 1.82) is 0 Å². The van der Waals surface area contributed by atoms with E-state index < -0.39 is 0 Å². The van der Waals surface area contributed by atoms with Crippen LogP contribution >= 0.6 is 11.6 Å². The van der Waals surface area contributed by atoms with Gasteiger partial charge >= 0.3 is 0 Å². The number of hydrogen-bond acceptors (Lipinski definition) is 1. The molecule has 0 aliphatic heterocycles. The number of rotatable bonds is 4. The number of aryl methyl sites for hydroxylation is 1. The maximum absolute atomic E-state index is 12.0. The fourth-order valence-electron chi connectivity index (χ4n) is 3.88. The van der Waals surface area contributed by atoms with Crippen molar-refractivity contribution >= 4 is 17.4 Å². The lowest BCUT2D eigenvalue weighted by molar-refractivity contribution is 0.102. The molecule has 1 aliphatic rings. The van der Waals surface area contributed by atoms with E-state index in [2.05, 4.69) is 32.3 Å². The van der Waals surface area contributed by atoms with Gasteiger partial charge in [0.2, 0.25) is 0 Å². The fraction of sp³-hybridized carbons (Fsp3) is 0.706. The first kappa shape index (κ1) is 15.6. The molecule has 0 spiro atoms. The topological polar surface area (TPSA) is 22.0 Å². The summed E-state index contributed by atoms with van der Waals surface area (Å²) in [6.07, 6.45) is 5.17. The average molecular weight is 296 g/mol. The van der Waals surface area contributed by atoms with Gasteiger partial charge in [0.1, 0.15) is 0 Å². The smallest absolute Gasteiger partial charge is 0.179 e. The Bertz CT molecular complexity index is 489. The van der Waals surface area contributed by atoms with Crippen molar-refractivity contribution in [2.24, 2.45) is 11.8 Å². The van der Waals surface area contributed by atoms with Crippen LogP contribution in [0.3, 0.4) is 0 Å². The molecule has 1 aliphatic carbocycles. The molecular formula is C17H26ClNO. The molecule has 3 heteroatoms. The molecule has 1 fully saturated rings. The van der Waals surface area contributed by atoms with E-state index in [1.165, 1.54) is 31.4 Å². The molecule has 1 heterocycles. The highest BCUT2D eigenvalue weighted by Crippen LogP contribution is 2.40. The van der Waals surface area contributed by atoms with Gasteiger partial charge in [-0.15, -0.1) is 11.6 Å². The van der Waals surface area contributed by atoms with Crippen LogP contribution < -0.4 is 0 Å². The number of Topliss-reactive ketones (excluding diaryl/α,β-unsaturated/α-hetero) is 1. The first-order chi connectivity index (χ1) is 9.47. The van der Waals surface area contributed by atoms with Crippen LogP contribution in [-0.4, -0.2) is 16.2 Å². The summed E-state index contributed by atoms with van der Waals surface area (Å²) in [5.41, 5.74) is 3.12. The van der Waals surface area contributed by atoms with Gasteiger partial charge in [0.25, 0.3) is 0 Å². The lowest BCUT2D eigenvalue weighted by atomic mass is 9.77. The zero-order valence-electron chi connectivity index (χ0n) is 13.1. The number of halogens is 1. The van der Waals surface area contributed by atoms with Crippen LogP contribution in [-0.2, 0) is 0 Å². The molecule has 0 amide bonds. The van der Waals surface area contributed by atoms with Gasteiger partial charge in [-0.25, -0.2) is 0 Å². The fourth-order valence-corrected chi connectivity index (χ4v) is 4.02. The van der Waals surface area contributed by atoms with Gasteiger partial charge in [0, 0.05) is 23.0 Å². The highest BCUT2D eigenvalue weighted by molar-refractivity contribution is 6.30. The quantitative estimate of drug-likeness (QED) is 0.571. The number of aromatic nitrogens is 1. The summed E-state index contributed by atoms with van der Waals surface area (Å²) in [6.45, 7) is 8.83. The molecule has 2 unspecified atom stereocenters. The summed E-state index contributed by atoms with van der Waals surface area (Å²) in [4.78, 5) is 12.0. The molecule has 20 heavy (non-hydrogen) atoms. The Balaban J connectivity index is 2.40. The minimum Gasteiger partial charge on any atom is -0.345 e. The molecule has 2 atom stereocenters. The molecule has 0 saturated heterocycles. The van der Waals surface area contributed by atoms with E-state index in [-0.39, 0.29) is 11.7 Å². The molecule has 0 radical (unpaired) electrons. The third-order valence-electron chi connectivity index (χ3n) is 4.88. The second-order valence-electron chi connectivity index (χ2n) is 6.47. The molecule has 1 saturated carbocycles. The molecule has 0 bridgehead atoms. The number of carbonyl (C=O) groups excluding carboxylic acids is 1. The van der Waals surface area contributed by atoms with Crippen molar-refractivity contribution in [1.82, 2.24) is 4.57 Å². The lowest BCUT2D eigenvalue weighted by Crippen LogP contribution is -2.28. The van der Waals surface area contributed by atoms with E-state index in [1.807, 2.05) is 6.07 Å². The Morgan fingerprint density at radius 3 is 2.60 bits per heavy atom. The molecule has 0 aromatic carbocycles. The summed E-state index contributed by atoms with van der Waals surface area (Å²) in [5, 5.41) is 0.